The molecule has 1 amide bonds. The Morgan fingerprint density at radius 1 is 1.05 bits per heavy atom. The highest BCUT2D eigenvalue weighted by Gasteiger charge is 2.47. The van der Waals surface area contributed by atoms with Crippen LogP contribution in [0.4, 0.5) is 17.3 Å². The van der Waals surface area contributed by atoms with Crippen LogP contribution in [0.1, 0.15) is 5.56 Å². The molecule has 2 atom stereocenters. The lowest BCUT2D eigenvalue weighted by Gasteiger charge is -2.42. The van der Waals surface area contributed by atoms with Crippen LogP contribution < -0.4 is 15.0 Å². The zero-order valence-corrected chi connectivity index (χ0v) is 22.3. The summed E-state index contributed by atoms with van der Waals surface area (Å²) in [5.74, 6) is 3.44. The molecule has 0 radical (unpaired) electrons. The molecular formula is C30H28N8O2. The molecule has 1 N–H and O–H groups in total. The number of aryl methyl sites for hydroxylation is 2. The number of pyridine rings is 1. The molecule has 2 saturated heterocycles. The third-order valence-electron chi connectivity index (χ3n) is 7.85. The van der Waals surface area contributed by atoms with Gasteiger partial charge in [0.25, 0.3) is 0 Å². The molecule has 2 fully saturated rings. The first kappa shape index (κ1) is 24.1. The molecule has 7 rings (SSSR count). The maximum Gasteiger partial charge on any atom is 0.246 e. The largest absolute Gasteiger partial charge is 0.457 e. The number of hydrogen-bond donors (Lipinski definition) is 1. The van der Waals surface area contributed by atoms with Crippen molar-refractivity contribution < 1.29 is 9.53 Å². The van der Waals surface area contributed by atoms with Crippen LogP contribution in [0.2, 0.25) is 0 Å². The van der Waals surface area contributed by atoms with E-state index >= 15 is 0 Å². The summed E-state index contributed by atoms with van der Waals surface area (Å²) in [5.41, 5.74) is 5.25. The third-order valence-corrected chi connectivity index (χ3v) is 7.85. The van der Waals surface area contributed by atoms with Gasteiger partial charge in [-0.15, -0.1) is 0 Å². The normalized spacial score (nSPS) is 18.1. The molecule has 1 unspecified atom stereocenters. The lowest BCUT2D eigenvalue weighted by molar-refractivity contribution is -0.135. The number of carbonyl (C=O) groups excluding carboxylic acids is 1. The second-order valence-electron chi connectivity index (χ2n) is 10.4. The van der Waals surface area contributed by atoms with Crippen molar-refractivity contribution in [2.24, 2.45) is 13.0 Å². The first-order valence-corrected chi connectivity index (χ1v) is 13.2. The Balaban J connectivity index is 1.11. The van der Waals surface area contributed by atoms with E-state index in [2.05, 4.69) is 31.7 Å². The number of hydrogen-bond acceptors (Lipinski definition) is 8. The van der Waals surface area contributed by atoms with Gasteiger partial charge < -0.3 is 24.4 Å². The van der Waals surface area contributed by atoms with Gasteiger partial charge in [-0.2, -0.15) is 0 Å². The predicted molar refractivity (Wildman–Crippen MR) is 154 cm³/mol. The second-order valence-corrected chi connectivity index (χ2v) is 10.4. The summed E-state index contributed by atoms with van der Waals surface area (Å²) < 4.78 is 8.16. The molecule has 0 bridgehead atoms. The fourth-order valence-corrected chi connectivity index (χ4v) is 5.68. The molecule has 2 aliphatic rings. The van der Waals surface area contributed by atoms with Gasteiger partial charge in [-0.05, 0) is 61.0 Å². The molecule has 5 aromatic rings. The average Bonchev–Trinajstić information content (AvgIpc) is 3.49. The predicted octanol–water partition coefficient (Wildman–Crippen LogP) is 4.59. The van der Waals surface area contributed by atoms with Gasteiger partial charge in [0.2, 0.25) is 5.91 Å². The van der Waals surface area contributed by atoms with Crippen LogP contribution in [0.15, 0.2) is 73.8 Å². The summed E-state index contributed by atoms with van der Waals surface area (Å²) in [6, 6.07) is 16.0. The van der Waals surface area contributed by atoms with Crippen molar-refractivity contribution in [1.29, 1.82) is 0 Å². The molecule has 0 saturated carbocycles. The van der Waals surface area contributed by atoms with E-state index in [1.54, 1.807) is 12.7 Å². The van der Waals surface area contributed by atoms with Crippen LogP contribution in [0.3, 0.4) is 0 Å². The monoisotopic (exact) mass is 532 g/mol. The van der Waals surface area contributed by atoms with Gasteiger partial charge in [0.15, 0.2) is 5.82 Å². The molecule has 3 aromatic heterocycles. The molecule has 40 heavy (non-hydrogen) atoms. The number of benzene rings is 2. The second kappa shape index (κ2) is 9.33. The Morgan fingerprint density at radius 2 is 1.95 bits per heavy atom. The van der Waals surface area contributed by atoms with Gasteiger partial charge in [-0.1, -0.05) is 6.58 Å². The van der Waals surface area contributed by atoms with Crippen molar-refractivity contribution in [3.8, 4) is 11.5 Å². The number of nitrogens with zero attached hydrogens (tertiary/aromatic N) is 7. The Bertz CT molecular complexity index is 1800. The zero-order valence-electron chi connectivity index (χ0n) is 22.3. The molecule has 200 valence electrons. The topological polar surface area (TPSA) is 101 Å². The van der Waals surface area contributed by atoms with Crippen LogP contribution >= 0.6 is 0 Å². The van der Waals surface area contributed by atoms with Crippen molar-refractivity contribution in [3.63, 3.8) is 0 Å². The fourth-order valence-electron chi connectivity index (χ4n) is 5.68. The SMILES string of the molecule is C=CC(=O)N1C[C@H]2CN(c3ccc4ncnc(Nc5ccc(Oc6ccc7c(c6)ncn7C)c(C)c5)c4n3)CC21. The lowest BCUT2D eigenvalue weighted by atomic mass is 9.92. The first-order valence-electron chi connectivity index (χ1n) is 13.2. The molecular weight excluding hydrogens is 504 g/mol. The van der Waals surface area contributed by atoms with E-state index in [4.69, 9.17) is 9.72 Å². The van der Waals surface area contributed by atoms with Crippen molar-refractivity contribution in [2.75, 3.05) is 29.9 Å². The molecule has 2 aliphatic heterocycles. The number of likely N-dealkylation sites (tertiary alicyclic amines) is 1. The van der Waals surface area contributed by atoms with Gasteiger partial charge in [-0.25, -0.2) is 19.9 Å². The number of fused-ring (bicyclic) bond motifs is 3. The maximum atomic E-state index is 12.1. The zero-order chi connectivity index (χ0) is 27.4. The Hall–Kier alpha value is -4.99. The van der Waals surface area contributed by atoms with Gasteiger partial charge in [0.1, 0.15) is 29.2 Å². The first-order chi connectivity index (χ1) is 19.5. The number of ether oxygens (including phenoxy) is 1. The molecule has 0 aliphatic carbocycles. The summed E-state index contributed by atoms with van der Waals surface area (Å²) >= 11 is 0. The number of anilines is 3. The minimum Gasteiger partial charge on any atom is -0.457 e. The third kappa shape index (κ3) is 4.08. The van der Waals surface area contributed by atoms with Crippen LogP contribution in [-0.2, 0) is 11.8 Å². The summed E-state index contributed by atoms with van der Waals surface area (Å²) in [7, 11) is 1.97. The van der Waals surface area contributed by atoms with E-state index in [-0.39, 0.29) is 11.9 Å². The van der Waals surface area contributed by atoms with E-state index in [9.17, 15) is 4.79 Å². The fraction of sp³-hybridized carbons (Fsp3) is 0.233. The highest BCUT2D eigenvalue weighted by Crippen LogP contribution is 2.36. The summed E-state index contributed by atoms with van der Waals surface area (Å²) in [6.45, 7) is 8.03. The van der Waals surface area contributed by atoms with E-state index in [1.165, 1.54) is 6.08 Å². The van der Waals surface area contributed by atoms with Crippen molar-refractivity contribution in [3.05, 3.63) is 79.4 Å². The number of rotatable bonds is 6. The number of imidazole rings is 1. The van der Waals surface area contributed by atoms with Crippen LogP contribution in [-0.4, -0.2) is 61.0 Å². The summed E-state index contributed by atoms with van der Waals surface area (Å²) in [4.78, 5) is 34.5. The maximum absolute atomic E-state index is 12.1. The minimum absolute atomic E-state index is 0.00422. The lowest BCUT2D eigenvalue weighted by Crippen LogP contribution is -2.57. The number of carbonyl (C=O) groups is 1. The van der Waals surface area contributed by atoms with Gasteiger partial charge >= 0.3 is 0 Å². The van der Waals surface area contributed by atoms with E-state index < -0.39 is 0 Å². The van der Waals surface area contributed by atoms with Crippen molar-refractivity contribution >= 4 is 45.3 Å². The highest BCUT2D eigenvalue weighted by molar-refractivity contribution is 5.89. The summed E-state index contributed by atoms with van der Waals surface area (Å²) in [6.07, 6.45) is 4.73. The average molecular weight is 533 g/mol. The minimum atomic E-state index is -0.00422. The molecule has 5 heterocycles. The smallest absolute Gasteiger partial charge is 0.246 e. The van der Waals surface area contributed by atoms with Crippen LogP contribution in [0.25, 0.3) is 22.1 Å². The van der Waals surface area contributed by atoms with E-state index in [0.29, 0.717) is 17.3 Å². The summed E-state index contributed by atoms with van der Waals surface area (Å²) in [5, 5.41) is 3.42. The van der Waals surface area contributed by atoms with E-state index in [0.717, 1.165) is 64.8 Å². The number of aromatic nitrogens is 5. The van der Waals surface area contributed by atoms with Crippen LogP contribution in [0, 0.1) is 12.8 Å². The molecule has 0 spiro atoms. The van der Waals surface area contributed by atoms with Crippen molar-refractivity contribution in [2.45, 2.75) is 13.0 Å². The van der Waals surface area contributed by atoms with Crippen molar-refractivity contribution in [1.82, 2.24) is 29.4 Å². The molecule has 10 heteroatoms. The molecule has 2 aromatic carbocycles. The van der Waals surface area contributed by atoms with Gasteiger partial charge in [0, 0.05) is 44.4 Å². The quantitative estimate of drug-likeness (QED) is 0.317. The number of nitrogens with one attached hydrogen (secondary N) is 1. The standard InChI is InChI=1S/C30H28N8O2/c1-4-28(39)38-14-19-13-37(15-25(19)38)27-10-7-22-29(35-27)30(32-16-31-22)34-20-5-9-26(18(2)11-20)40-21-6-8-24-23(12-21)33-17-36(24)3/h4-12,16-17,19,25H,1,13-15H2,2-3H3,(H,31,32,34)/t19-,25?/m1/s1. The van der Waals surface area contributed by atoms with Crippen LogP contribution in [0.5, 0.6) is 11.5 Å². The van der Waals surface area contributed by atoms with Gasteiger partial charge in [0.05, 0.1) is 28.9 Å². The Kier molecular flexibility index (Phi) is 5.62. The highest BCUT2D eigenvalue weighted by atomic mass is 16.5. The van der Waals surface area contributed by atoms with E-state index in [1.807, 2.05) is 72.0 Å². The van der Waals surface area contributed by atoms with Gasteiger partial charge in [-0.3, -0.25) is 4.79 Å². The number of amides is 1. The Labute approximate surface area is 230 Å². The Morgan fingerprint density at radius 3 is 2.80 bits per heavy atom. The molecule has 10 nitrogen and oxygen atoms in total.